The van der Waals surface area contributed by atoms with Crippen LogP contribution in [0.3, 0.4) is 0 Å². The first-order chi connectivity index (χ1) is 8.05. The van der Waals surface area contributed by atoms with Crippen molar-refractivity contribution < 1.29 is 18.6 Å². The van der Waals surface area contributed by atoms with E-state index in [1.165, 1.54) is 0 Å². The molecule has 0 radical (unpaired) electrons. The molecule has 2 heterocycles. The molecule has 3 nitrogen and oxygen atoms in total. The van der Waals surface area contributed by atoms with E-state index in [4.69, 9.17) is 14.2 Å². The number of hydrogen-bond acceptors (Lipinski definition) is 3. The maximum Gasteiger partial charge on any atom is 0.167 e. The summed E-state index contributed by atoms with van der Waals surface area (Å²) in [6.07, 6.45) is -0.965. The Morgan fingerprint density at radius 3 is 2.22 bits per heavy atom. The van der Waals surface area contributed by atoms with Crippen molar-refractivity contribution in [2.45, 2.75) is 71.1 Å². The van der Waals surface area contributed by atoms with E-state index in [-0.39, 0.29) is 24.4 Å². The highest BCUT2D eigenvalue weighted by Gasteiger charge is 2.62. The number of ether oxygens (including phenoxy) is 3. The Balaban J connectivity index is 2.12. The predicted molar refractivity (Wildman–Crippen MR) is 67.4 cm³/mol. The van der Waals surface area contributed by atoms with Gasteiger partial charge in [0.15, 0.2) is 5.67 Å². The van der Waals surface area contributed by atoms with Crippen LogP contribution in [0.1, 0.15) is 41.5 Å². The molecule has 0 amide bonds. The largest absolute Gasteiger partial charge is 0.369 e. The Morgan fingerprint density at radius 1 is 1.11 bits per heavy atom. The average Bonchev–Trinajstić information content (AvgIpc) is 2.67. The van der Waals surface area contributed by atoms with E-state index in [1.54, 1.807) is 0 Å². The zero-order valence-corrected chi connectivity index (χ0v) is 12.2. The molecular formula is C14H25FO3. The van der Waals surface area contributed by atoms with E-state index < -0.39 is 17.2 Å². The predicted octanol–water partition coefficient (Wildman–Crippen LogP) is 2.72. The molecule has 4 heteroatoms. The van der Waals surface area contributed by atoms with Crippen molar-refractivity contribution in [3.8, 4) is 0 Å². The number of halogens is 1. The zero-order chi connectivity index (χ0) is 13.8. The van der Waals surface area contributed by atoms with Gasteiger partial charge >= 0.3 is 0 Å². The highest BCUT2D eigenvalue weighted by atomic mass is 19.1. The fourth-order valence-electron chi connectivity index (χ4n) is 2.67. The molecule has 1 unspecified atom stereocenters. The van der Waals surface area contributed by atoms with E-state index >= 15 is 4.39 Å². The molecule has 0 bridgehead atoms. The van der Waals surface area contributed by atoms with Gasteiger partial charge in [0.1, 0.15) is 18.3 Å². The number of fused-ring (bicyclic) bond motifs is 1. The molecule has 0 spiro atoms. The van der Waals surface area contributed by atoms with Crippen LogP contribution < -0.4 is 0 Å². The molecule has 106 valence electrons. The second kappa shape index (κ2) is 4.15. The van der Waals surface area contributed by atoms with Crippen LogP contribution in [0, 0.1) is 5.41 Å². The van der Waals surface area contributed by atoms with E-state index in [1.807, 2.05) is 41.5 Å². The van der Waals surface area contributed by atoms with Crippen molar-refractivity contribution in [3.05, 3.63) is 0 Å². The molecule has 0 aliphatic carbocycles. The molecule has 18 heavy (non-hydrogen) atoms. The molecule has 2 rings (SSSR count). The monoisotopic (exact) mass is 260 g/mol. The number of rotatable bonds is 1. The summed E-state index contributed by atoms with van der Waals surface area (Å²) in [6.45, 7) is 12.1. The molecule has 0 N–H and O–H groups in total. The minimum absolute atomic E-state index is 0.0931. The molecule has 0 aromatic carbocycles. The Kier molecular flexibility index (Phi) is 3.28. The van der Waals surface area contributed by atoms with Gasteiger partial charge in [0.2, 0.25) is 0 Å². The Hall–Kier alpha value is -0.190. The molecule has 2 saturated heterocycles. The molecule has 4 atom stereocenters. The summed E-state index contributed by atoms with van der Waals surface area (Å²) in [7, 11) is 0. The summed E-state index contributed by atoms with van der Waals surface area (Å²) >= 11 is 0. The fraction of sp³-hybridized carbons (Fsp3) is 1.00. The number of hydrogen-bond donors (Lipinski definition) is 0. The Labute approximate surface area is 109 Å². The minimum atomic E-state index is -1.44. The summed E-state index contributed by atoms with van der Waals surface area (Å²) in [6, 6.07) is 0. The lowest BCUT2D eigenvalue weighted by atomic mass is 9.75. The first-order valence-corrected chi connectivity index (χ1v) is 6.64. The average molecular weight is 260 g/mol. The van der Waals surface area contributed by atoms with Crippen LogP contribution in [-0.2, 0) is 14.2 Å². The van der Waals surface area contributed by atoms with Crippen molar-refractivity contribution >= 4 is 0 Å². The summed E-state index contributed by atoms with van der Waals surface area (Å²) in [5.41, 5.74) is -2.20. The van der Waals surface area contributed by atoms with Crippen LogP contribution in [0.5, 0.6) is 0 Å². The van der Waals surface area contributed by atoms with E-state index in [9.17, 15) is 0 Å². The van der Waals surface area contributed by atoms with Gasteiger partial charge in [-0.3, -0.25) is 0 Å². The fourth-order valence-corrected chi connectivity index (χ4v) is 2.67. The van der Waals surface area contributed by atoms with Crippen LogP contribution >= 0.6 is 0 Å². The highest BCUT2D eigenvalue weighted by molar-refractivity contribution is 5.10. The van der Waals surface area contributed by atoms with Crippen LogP contribution in [0.2, 0.25) is 0 Å². The molecule has 0 saturated carbocycles. The summed E-state index contributed by atoms with van der Waals surface area (Å²) in [5, 5.41) is 0. The molecule has 2 aliphatic rings. The standard InChI is InChI=1S/C14H25FO3/c1-12(2,3)14(15)8-17-10-9(7-16-11(10)14)18-13(4,5)6/h9-11H,7-8H2,1-6H3/t9-,10-,11+,14?/m1/s1. The SMILES string of the molecule is CC(C)(C)O[C@@H]1CO[C@H]2[C@@H]1OCC2(F)C(C)(C)C. The van der Waals surface area contributed by atoms with Gasteiger partial charge < -0.3 is 14.2 Å². The van der Waals surface area contributed by atoms with Gasteiger partial charge in [-0.1, -0.05) is 20.8 Å². The van der Waals surface area contributed by atoms with E-state index in [0.29, 0.717) is 6.61 Å². The van der Waals surface area contributed by atoms with E-state index in [2.05, 4.69) is 0 Å². The van der Waals surface area contributed by atoms with Gasteiger partial charge in [0.25, 0.3) is 0 Å². The molecule has 0 aromatic heterocycles. The maximum absolute atomic E-state index is 15.1. The third kappa shape index (κ3) is 2.30. The third-order valence-electron chi connectivity index (χ3n) is 3.79. The van der Waals surface area contributed by atoms with E-state index in [0.717, 1.165) is 0 Å². The van der Waals surface area contributed by atoms with Gasteiger partial charge in [-0.05, 0) is 20.8 Å². The summed E-state index contributed by atoms with van der Waals surface area (Å²) in [5.74, 6) is 0. The van der Waals surface area contributed by atoms with Crippen molar-refractivity contribution in [2.75, 3.05) is 13.2 Å². The van der Waals surface area contributed by atoms with Gasteiger partial charge in [0, 0.05) is 5.41 Å². The van der Waals surface area contributed by atoms with Crippen LogP contribution in [0.15, 0.2) is 0 Å². The molecule has 2 fully saturated rings. The van der Waals surface area contributed by atoms with Crippen molar-refractivity contribution in [1.29, 1.82) is 0 Å². The lowest BCUT2D eigenvalue weighted by Gasteiger charge is -2.36. The van der Waals surface area contributed by atoms with Crippen LogP contribution in [0.4, 0.5) is 4.39 Å². The lowest BCUT2D eigenvalue weighted by Crippen LogP contribution is -2.50. The van der Waals surface area contributed by atoms with Crippen molar-refractivity contribution in [3.63, 3.8) is 0 Å². The first-order valence-electron chi connectivity index (χ1n) is 6.64. The highest BCUT2D eigenvalue weighted by Crippen LogP contribution is 2.48. The van der Waals surface area contributed by atoms with Crippen LogP contribution in [0.25, 0.3) is 0 Å². The van der Waals surface area contributed by atoms with Crippen LogP contribution in [-0.4, -0.2) is 42.8 Å². The summed E-state index contributed by atoms with van der Waals surface area (Å²) in [4.78, 5) is 0. The second-order valence-electron chi connectivity index (χ2n) is 7.41. The quantitative estimate of drug-likeness (QED) is 0.725. The van der Waals surface area contributed by atoms with Crippen molar-refractivity contribution in [2.24, 2.45) is 5.41 Å². The normalized spacial score (nSPS) is 41.2. The zero-order valence-electron chi connectivity index (χ0n) is 12.2. The topological polar surface area (TPSA) is 27.7 Å². The minimum Gasteiger partial charge on any atom is -0.369 e. The third-order valence-corrected chi connectivity index (χ3v) is 3.79. The van der Waals surface area contributed by atoms with Gasteiger partial charge in [0.05, 0.1) is 18.8 Å². The Bertz CT molecular complexity index is 318. The molecular weight excluding hydrogens is 235 g/mol. The lowest BCUT2D eigenvalue weighted by molar-refractivity contribution is -0.111. The first kappa shape index (κ1) is 14.2. The summed E-state index contributed by atoms with van der Waals surface area (Å²) < 4.78 is 32.3. The Morgan fingerprint density at radius 2 is 1.72 bits per heavy atom. The second-order valence-corrected chi connectivity index (χ2v) is 7.41. The molecule has 0 aromatic rings. The van der Waals surface area contributed by atoms with Gasteiger partial charge in [-0.15, -0.1) is 0 Å². The van der Waals surface area contributed by atoms with Gasteiger partial charge in [-0.25, -0.2) is 4.39 Å². The van der Waals surface area contributed by atoms with Gasteiger partial charge in [-0.2, -0.15) is 0 Å². The maximum atomic E-state index is 15.1. The van der Waals surface area contributed by atoms with Crippen molar-refractivity contribution in [1.82, 2.24) is 0 Å². The molecule has 2 aliphatic heterocycles. The number of alkyl halides is 1. The smallest absolute Gasteiger partial charge is 0.167 e.